The number of carbonyl (C=O) groups excluding carboxylic acids is 1. The average Bonchev–Trinajstić information content (AvgIpc) is 3.38. The molecule has 1 fully saturated rings. The van der Waals surface area contributed by atoms with Crippen LogP contribution in [0.1, 0.15) is 40.4 Å². The maximum Gasteiger partial charge on any atom is 0.418 e. The molecule has 5 nitrogen and oxygen atoms in total. The summed E-state index contributed by atoms with van der Waals surface area (Å²) in [6.07, 6.45) is -0.884. The first-order valence-electron chi connectivity index (χ1n) is 11.1. The molecule has 1 aliphatic heterocycles. The molecule has 2 aromatic carbocycles. The van der Waals surface area contributed by atoms with Crippen LogP contribution in [0, 0.1) is 5.82 Å². The molecule has 0 spiro atoms. The number of carbonyl (C=O) groups is 1. The number of hydrogen-bond donors (Lipinski definition) is 1. The number of piperidine rings is 1. The highest BCUT2D eigenvalue weighted by atomic mass is 19.4. The zero-order valence-electron chi connectivity index (χ0n) is 18.4. The second-order valence-corrected chi connectivity index (χ2v) is 8.62. The maximum atomic E-state index is 13.9. The van der Waals surface area contributed by atoms with Crippen LogP contribution in [-0.4, -0.2) is 28.9 Å². The van der Waals surface area contributed by atoms with Gasteiger partial charge in [-0.05, 0) is 60.2 Å². The van der Waals surface area contributed by atoms with Gasteiger partial charge in [-0.25, -0.2) is 4.39 Å². The van der Waals surface area contributed by atoms with Crippen LogP contribution < -0.4 is 5.43 Å². The van der Waals surface area contributed by atoms with Crippen molar-refractivity contribution in [3.05, 3.63) is 93.9 Å². The standard InChI is InChI=1S/C26H20F4N2O3/c27-19-3-1-15(2-4-19)16-5-8-32(9-6-16)25(34)22-13-23(33)20-11-18(17-7-10-35-14-17)12-21(24(20)31-22)26(28,29)30/h1-4,7,10-14,16H,5-6,8-9H2,(H,31,33). The highest BCUT2D eigenvalue weighted by Gasteiger charge is 2.35. The summed E-state index contributed by atoms with van der Waals surface area (Å²) in [5.74, 6) is -0.709. The Morgan fingerprint density at radius 2 is 1.71 bits per heavy atom. The van der Waals surface area contributed by atoms with Gasteiger partial charge in [0.15, 0.2) is 5.43 Å². The molecule has 0 atom stereocenters. The number of rotatable bonds is 3. The summed E-state index contributed by atoms with van der Waals surface area (Å²) in [6, 6.07) is 11.1. The lowest BCUT2D eigenvalue weighted by Gasteiger charge is -2.32. The Morgan fingerprint density at radius 3 is 2.34 bits per heavy atom. The number of nitrogens with zero attached hydrogens (tertiary/aromatic N) is 1. The number of benzene rings is 2. The fourth-order valence-electron chi connectivity index (χ4n) is 4.61. The zero-order chi connectivity index (χ0) is 24.7. The summed E-state index contributed by atoms with van der Waals surface area (Å²) in [5, 5.41) is -0.164. The van der Waals surface area contributed by atoms with Gasteiger partial charge in [0.2, 0.25) is 0 Å². The quantitative estimate of drug-likeness (QED) is 0.365. The van der Waals surface area contributed by atoms with Crippen LogP contribution in [0.4, 0.5) is 17.6 Å². The first-order chi connectivity index (χ1) is 16.7. The Hall–Kier alpha value is -3.88. The molecule has 1 amide bonds. The molecule has 0 radical (unpaired) electrons. The average molecular weight is 484 g/mol. The second kappa shape index (κ2) is 8.72. The van der Waals surface area contributed by atoms with Gasteiger partial charge in [-0.2, -0.15) is 13.2 Å². The summed E-state index contributed by atoms with van der Waals surface area (Å²) >= 11 is 0. The highest BCUT2D eigenvalue weighted by molar-refractivity contribution is 5.96. The molecule has 0 aliphatic carbocycles. The number of hydrogen-bond acceptors (Lipinski definition) is 3. The van der Waals surface area contributed by atoms with Crippen molar-refractivity contribution < 1.29 is 26.8 Å². The number of alkyl halides is 3. The van der Waals surface area contributed by atoms with Crippen molar-refractivity contribution in [3.8, 4) is 11.1 Å². The van der Waals surface area contributed by atoms with Gasteiger partial charge in [0.05, 0.1) is 23.6 Å². The summed E-state index contributed by atoms with van der Waals surface area (Å²) in [6.45, 7) is 0.735. The molecule has 2 aromatic heterocycles. The minimum atomic E-state index is -4.75. The van der Waals surface area contributed by atoms with Crippen molar-refractivity contribution in [3.63, 3.8) is 0 Å². The summed E-state index contributed by atoms with van der Waals surface area (Å²) < 4.78 is 59.9. The zero-order valence-corrected chi connectivity index (χ0v) is 18.4. The van der Waals surface area contributed by atoms with E-state index < -0.39 is 28.6 Å². The van der Waals surface area contributed by atoms with Crippen molar-refractivity contribution in [1.82, 2.24) is 9.88 Å². The largest absolute Gasteiger partial charge is 0.472 e. The SMILES string of the molecule is O=C(c1cc(=O)c2cc(-c3ccoc3)cc(C(F)(F)F)c2[nH]1)N1CCC(c2ccc(F)cc2)CC1. The van der Waals surface area contributed by atoms with Crippen LogP contribution >= 0.6 is 0 Å². The number of halogens is 4. The van der Waals surface area contributed by atoms with Gasteiger partial charge >= 0.3 is 6.18 Å². The highest BCUT2D eigenvalue weighted by Crippen LogP contribution is 2.37. The smallest absolute Gasteiger partial charge is 0.418 e. The van der Waals surface area contributed by atoms with Crippen LogP contribution in [0.2, 0.25) is 0 Å². The molecule has 1 N–H and O–H groups in total. The third kappa shape index (κ3) is 4.45. The van der Waals surface area contributed by atoms with Crippen LogP contribution in [0.25, 0.3) is 22.0 Å². The molecule has 35 heavy (non-hydrogen) atoms. The van der Waals surface area contributed by atoms with Crippen molar-refractivity contribution in [1.29, 1.82) is 0 Å². The molecule has 9 heteroatoms. The van der Waals surface area contributed by atoms with Crippen molar-refractivity contribution in [2.45, 2.75) is 24.9 Å². The molecule has 0 saturated carbocycles. The van der Waals surface area contributed by atoms with E-state index in [1.807, 2.05) is 0 Å². The Bertz CT molecular complexity index is 1430. The monoisotopic (exact) mass is 484 g/mol. The molecule has 1 saturated heterocycles. The third-order valence-electron chi connectivity index (χ3n) is 6.45. The van der Waals surface area contributed by atoms with E-state index in [9.17, 15) is 27.2 Å². The number of aromatic nitrogens is 1. The molecule has 3 heterocycles. The fraction of sp³-hybridized carbons (Fsp3) is 0.231. The van der Waals surface area contributed by atoms with Gasteiger partial charge in [-0.3, -0.25) is 9.59 Å². The van der Waals surface area contributed by atoms with E-state index in [0.29, 0.717) is 31.5 Å². The predicted octanol–water partition coefficient (Wildman–Crippen LogP) is 5.97. The lowest BCUT2D eigenvalue weighted by molar-refractivity contribution is -0.136. The Morgan fingerprint density at radius 1 is 1.00 bits per heavy atom. The van der Waals surface area contributed by atoms with Crippen molar-refractivity contribution in [2.75, 3.05) is 13.1 Å². The number of pyridine rings is 1. The van der Waals surface area contributed by atoms with Gasteiger partial charge in [0, 0.05) is 30.1 Å². The number of furan rings is 1. The fourth-order valence-corrected chi connectivity index (χ4v) is 4.61. The molecule has 4 aromatic rings. The van der Waals surface area contributed by atoms with Crippen molar-refractivity contribution >= 4 is 16.8 Å². The van der Waals surface area contributed by atoms with E-state index in [4.69, 9.17) is 4.42 Å². The second-order valence-electron chi connectivity index (χ2n) is 8.62. The number of fused-ring (bicyclic) bond motifs is 1. The van der Waals surface area contributed by atoms with E-state index in [1.165, 1.54) is 41.7 Å². The normalized spacial score (nSPS) is 15.0. The first kappa shape index (κ1) is 22.9. The lowest BCUT2D eigenvalue weighted by atomic mass is 9.89. The lowest BCUT2D eigenvalue weighted by Crippen LogP contribution is -2.38. The minimum absolute atomic E-state index is 0.147. The number of aromatic amines is 1. The van der Waals surface area contributed by atoms with Gasteiger partial charge in [0.1, 0.15) is 11.5 Å². The number of likely N-dealkylation sites (tertiary alicyclic amines) is 1. The van der Waals surface area contributed by atoms with E-state index in [0.717, 1.165) is 17.7 Å². The van der Waals surface area contributed by atoms with Crippen LogP contribution in [0.3, 0.4) is 0 Å². The number of amides is 1. The Balaban J connectivity index is 1.46. The van der Waals surface area contributed by atoms with Gasteiger partial charge in [-0.1, -0.05) is 12.1 Å². The van der Waals surface area contributed by atoms with E-state index in [1.54, 1.807) is 12.1 Å². The molecule has 180 valence electrons. The first-order valence-corrected chi connectivity index (χ1v) is 11.1. The number of H-pyrrole nitrogens is 1. The van der Waals surface area contributed by atoms with E-state index >= 15 is 0 Å². The van der Waals surface area contributed by atoms with Crippen LogP contribution in [0.15, 0.2) is 70.3 Å². The van der Waals surface area contributed by atoms with Gasteiger partial charge in [0.25, 0.3) is 5.91 Å². The minimum Gasteiger partial charge on any atom is -0.472 e. The molecule has 1 aliphatic rings. The molecular formula is C26H20F4N2O3. The summed E-state index contributed by atoms with van der Waals surface area (Å²) in [7, 11) is 0. The maximum absolute atomic E-state index is 13.9. The predicted molar refractivity (Wildman–Crippen MR) is 122 cm³/mol. The van der Waals surface area contributed by atoms with Crippen LogP contribution in [0.5, 0.6) is 0 Å². The summed E-state index contributed by atoms with van der Waals surface area (Å²) in [5.41, 5.74) is -0.772. The molecular weight excluding hydrogens is 464 g/mol. The van der Waals surface area contributed by atoms with Gasteiger partial charge < -0.3 is 14.3 Å². The topological polar surface area (TPSA) is 66.3 Å². The molecule has 0 unspecified atom stereocenters. The number of nitrogens with one attached hydrogen (secondary N) is 1. The van der Waals surface area contributed by atoms with Crippen LogP contribution in [-0.2, 0) is 6.18 Å². The Kier molecular flexibility index (Phi) is 5.70. The third-order valence-corrected chi connectivity index (χ3v) is 6.45. The Labute approximate surface area is 197 Å². The van der Waals surface area contributed by atoms with Gasteiger partial charge in [-0.15, -0.1) is 0 Å². The van der Waals surface area contributed by atoms with E-state index in [2.05, 4.69) is 4.98 Å². The van der Waals surface area contributed by atoms with E-state index in [-0.39, 0.29) is 28.4 Å². The molecule has 0 bridgehead atoms. The van der Waals surface area contributed by atoms with Crippen molar-refractivity contribution in [2.24, 2.45) is 0 Å². The summed E-state index contributed by atoms with van der Waals surface area (Å²) in [4.78, 5) is 30.1. The molecule has 5 rings (SSSR count).